The number of benzene rings is 1. The number of rotatable bonds is 3. The highest BCUT2D eigenvalue weighted by molar-refractivity contribution is 5.87. The largest absolute Gasteiger partial charge is 0.478 e. The van der Waals surface area contributed by atoms with E-state index in [-0.39, 0.29) is 17.6 Å². The van der Waals surface area contributed by atoms with E-state index in [1.165, 1.54) is 6.07 Å². The number of halogens is 1. The summed E-state index contributed by atoms with van der Waals surface area (Å²) in [6.07, 6.45) is 1.74. The summed E-state index contributed by atoms with van der Waals surface area (Å²) in [5, 5.41) is 8.90. The molecule has 0 aliphatic carbocycles. The fraction of sp³-hybridized carbons (Fsp3) is 0.462. The third kappa shape index (κ3) is 2.47. The van der Waals surface area contributed by atoms with Gasteiger partial charge in [0.25, 0.3) is 0 Å². The number of aromatic carboxylic acids is 1. The summed E-state index contributed by atoms with van der Waals surface area (Å²) >= 11 is 0. The Kier molecular flexibility index (Phi) is 3.43. The molecule has 17 heavy (non-hydrogen) atoms. The molecule has 0 spiro atoms. The Morgan fingerprint density at radius 3 is 2.94 bits per heavy atom. The summed E-state index contributed by atoms with van der Waals surface area (Å²) in [4.78, 5) is 10.9. The van der Waals surface area contributed by atoms with Crippen molar-refractivity contribution in [2.45, 2.75) is 31.8 Å². The number of hydrogen-bond donors (Lipinski definition) is 1. The molecule has 0 radical (unpaired) electrons. The van der Waals surface area contributed by atoms with Gasteiger partial charge in [-0.15, -0.1) is 0 Å². The Balaban J connectivity index is 2.34. The van der Waals surface area contributed by atoms with E-state index >= 15 is 0 Å². The average molecular weight is 238 g/mol. The minimum Gasteiger partial charge on any atom is -0.478 e. The van der Waals surface area contributed by atoms with Gasteiger partial charge in [0.2, 0.25) is 0 Å². The van der Waals surface area contributed by atoms with Crippen molar-refractivity contribution in [1.82, 2.24) is 0 Å². The summed E-state index contributed by atoms with van der Waals surface area (Å²) in [7, 11) is 0. The molecule has 1 unspecified atom stereocenters. The fourth-order valence-electron chi connectivity index (χ4n) is 2.38. The molecule has 2 atom stereocenters. The van der Waals surface area contributed by atoms with Gasteiger partial charge >= 0.3 is 5.97 Å². The van der Waals surface area contributed by atoms with E-state index in [1.807, 2.05) is 6.92 Å². The van der Waals surface area contributed by atoms with Crippen LogP contribution < -0.4 is 0 Å². The van der Waals surface area contributed by atoms with Crippen molar-refractivity contribution in [3.63, 3.8) is 0 Å². The first-order chi connectivity index (χ1) is 8.11. The van der Waals surface area contributed by atoms with Crippen molar-refractivity contribution in [3.05, 3.63) is 35.1 Å². The molecule has 3 nitrogen and oxygen atoms in total. The Hall–Kier alpha value is -1.42. The molecule has 92 valence electrons. The molecule has 0 saturated carbocycles. The number of carbonyl (C=O) groups is 1. The highest BCUT2D eigenvalue weighted by atomic mass is 19.1. The fourth-order valence-corrected chi connectivity index (χ4v) is 2.38. The van der Waals surface area contributed by atoms with Gasteiger partial charge in [-0.25, -0.2) is 9.18 Å². The van der Waals surface area contributed by atoms with Crippen LogP contribution in [0.3, 0.4) is 0 Å². The van der Waals surface area contributed by atoms with Gasteiger partial charge in [-0.2, -0.15) is 0 Å². The molecule has 1 aromatic rings. The van der Waals surface area contributed by atoms with E-state index in [0.29, 0.717) is 6.61 Å². The number of hydrogen-bond acceptors (Lipinski definition) is 2. The van der Waals surface area contributed by atoms with Gasteiger partial charge in [-0.05, 0) is 36.6 Å². The zero-order valence-corrected chi connectivity index (χ0v) is 9.65. The monoisotopic (exact) mass is 238 g/mol. The molecular formula is C13H15FO3. The molecule has 1 aliphatic rings. The quantitative estimate of drug-likeness (QED) is 0.880. The lowest BCUT2D eigenvalue weighted by molar-refractivity contribution is 0.0695. The Morgan fingerprint density at radius 2 is 2.29 bits per heavy atom. The van der Waals surface area contributed by atoms with E-state index in [4.69, 9.17) is 9.84 Å². The minimum absolute atomic E-state index is 0.00162. The van der Waals surface area contributed by atoms with E-state index in [2.05, 4.69) is 0 Å². The maximum atomic E-state index is 13.4. The van der Waals surface area contributed by atoms with Crippen molar-refractivity contribution in [2.75, 3.05) is 6.61 Å². The van der Waals surface area contributed by atoms with Crippen molar-refractivity contribution in [1.29, 1.82) is 0 Å². The van der Waals surface area contributed by atoms with Crippen LogP contribution in [0.2, 0.25) is 0 Å². The zero-order chi connectivity index (χ0) is 12.4. The highest BCUT2D eigenvalue weighted by Gasteiger charge is 2.29. The molecule has 0 bridgehead atoms. The lowest BCUT2D eigenvalue weighted by Crippen LogP contribution is -2.13. The average Bonchev–Trinajstić information content (AvgIpc) is 2.76. The highest BCUT2D eigenvalue weighted by Crippen LogP contribution is 2.33. The maximum Gasteiger partial charge on any atom is 0.335 e. The second-order valence-corrected chi connectivity index (χ2v) is 4.29. The SMILES string of the molecule is CC[C@H]1OCCC1c1cc(F)cc(C(=O)O)c1. The first kappa shape index (κ1) is 12.0. The summed E-state index contributed by atoms with van der Waals surface area (Å²) < 4.78 is 18.9. The number of carboxylic acids is 1. The van der Waals surface area contributed by atoms with Crippen LogP contribution in [0.5, 0.6) is 0 Å². The minimum atomic E-state index is -1.10. The standard InChI is InChI=1S/C13H15FO3/c1-2-12-11(3-4-17-12)8-5-9(13(15)16)7-10(14)6-8/h5-7,11-12H,2-4H2,1H3,(H,15,16)/t11?,12-/m1/s1. The van der Waals surface area contributed by atoms with Gasteiger partial charge in [0.05, 0.1) is 11.7 Å². The predicted molar refractivity (Wildman–Crippen MR) is 60.7 cm³/mol. The molecule has 2 rings (SSSR count). The predicted octanol–water partition coefficient (Wildman–Crippen LogP) is 2.81. The van der Waals surface area contributed by atoms with Crippen LogP contribution in [-0.2, 0) is 4.74 Å². The van der Waals surface area contributed by atoms with Gasteiger partial charge in [-0.3, -0.25) is 0 Å². The smallest absolute Gasteiger partial charge is 0.335 e. The molecular weight excluding hydrogens is 223 g/mol. The Bertz CT molecular complexity index is 431. The van der Waals surface area contributed by atoms with Gasteiger partial charge in [0.15, 0.2) is 0 Å². The Labute approximate surface area is 99.2 Å². The van der Waals surface area contributed by atoms with Crippen molar-refractivity contribution >= 4 is 5.97 Å². The van der Waals surface area contributed by atoms with Crippen LogP contribution in [0.1, 0.15) is 41.6 Å². The van der Waals surface area contributed by atoms with E-state index < -0.39 is 11.8 Å². The van der Waals surface area contributed by atoms with Crippen molar-refractivity contribution in [3.8, 4) is 0 Å². The molecule has 1 saturated heterocycles. The van der Waals surface area contributed by atoms with Crippen molar-refractivity contribution in [2.24, 2.45) is 0 Å². The summed E-state index contributed by atoms with van der Waals surface area (Å²) in [6.45, 7) is 2.67. The molecule has 1 heterocycles. The van der Waals surface area contributed by atoms with Crippen LogP contribution in [0, 0.1) is 5.82 Å². The van der Waals surface area contributed by atoms with Gasteiger partial charge in [-0.1, -0.05) is 6.92 Å². The van der Waals surface area contributed by atoms with Crippen LogP contribution in [0.25, 0.3) is 0 Å². The Morgan fingerprint density at radius 1 is 1.53 bits per heavy atom. The van der Waals surface area contributed by atoms with Gasteiger partial charge in [0, 0.05) is 12.5 Å². The number of carboxylic acid groups (broad SMARTS) is 1. The zero-order valence-electron chi connectivity index (χ0n) is 9.65. The number of ether oxygens (including phenoxy) is 1. The van der Waals surface area contributed by atoms with Crippen LogP contribution >= 0.6 is 0 Å². The molecule has 0 amide bonds. The molecule has 4 heteroatoms. The second kappa shape index (κ2) is 4.84. The molecule has 0 aromatic heterocycles. The van der Waals surface area contributed by atoms with Gasteiger partial charge in [0.1, 0.15) is 5.82 Å². The van der Waals surface area contributed by atoms with Crippen LogP contribution in [0.4, 0.5) is 4.39 Å². The maximum absolute atomic E-state index is 13.4. The third-order valence-corrected chi connectivity index (χ3v) is 3.21. The van der Waals surface area contributed by atoms with E-state index in [0.717, 1.165) is 24.5 Å². The molecule has 1 N–H and O–H groups in total. The first-order valence-corrected chi connectivity index (χ1v) is 5.77. The lowest BCUT2D eigenvalue weighted by atomic mass is 9.90. The van der Waals surface area contributed by atoms with Crippen molar-refractivity contribution < 1.29 is 19.0 Å². The second-order valence-electron chi connectivity index (χ2n) is 4.29. The van der Waals surface area contributed by atoms with Crippen LogP contribution in [0.15, 0.2) is 18.2 Å². The van der Waals surface area contributed by atoms with E-state index in [9.17, 15) is 9.18 Å². The topological polar surface area (TPSA) is 46.5 Å². The van der Waals surface area contributed by atoms with Gasteiger partial charge < -0.3 is 9.84 Å². The first-order valence-electron chi connectivity index (χ1n) is 5.77. The summed E-state index contributed by atoms with van der Waals surface area (Å²) in [5.74, 6) is -1.49. The normalized spacial score (nSPS) is 23.9. The summed E-state index contributed by atoms with van der Waals surface area (Å²) in [5.41, 5.74) is 0.730. The molecule has 1 aromatic carbocycles. The van der Waals surface area contributed by atoms with Crippen LogP contribution in [-0.4, -0.2) is 23.8 Å². The van der Waals surface area contributed by atoms with E-state index in [1.54, 1.807) is 6.07 Å². The molecule has 1 aliphatic heterocycles. The lowest BCUT2D eigenvalue weighted by Gasteiger charge is -2.17. The molecule has 1 fully saturated rings. The summed E-state index contributed by atoms with van der Waals surface area (Å²) in [6, 6.07) is 4.00. The third-order valence-electron chi connectivity index (χ3n) is 3.21.